The first-order valence-electron chi connectivity index (χ1n) is 13.2. The van der Waals surface area contributed by atoms with Gasteiger partial charge in [0.2, 0.25) is 15.9 Å². The average molecular weight is 551 g/mol. The minimum absolute atomic E-state index is 0.0282. The first-order chi connectivity index (χ1) is 18.1. The first-order valence-corrected chi connectivity index (χ1v) is 14.7. The van der Waals surface area contributed by atoms with Gasteiger partial charge in [-0.3, -0.25) is 9.69 Å². The topological polar surface area (TPSA) is 87.0 Å². The number of aromatic nitrogens is 1. The van der Waals surface area contributed by atoms with E-state index >= 15 is 0 Å². The highest BCUT2D eigenvalue weighted by Crippen LogP contribution is 2.30. The number of benzene rings is 1. The molecule has 3 heterocycles. The fraction of sp³-hybridized carbons (Fsp3) is 0.556. The van der Waals surface area contributed by atoms with Crippen LogP contribution < -0.4 is 0 Å². The highest BCUT2D eigenvalue weighted by molar-refractivity contribution is 7.89. The third-order valence-electron chi connectivity index (χ3n) is 7.57. The van der Waals surface area contributed by atoms with Crippen LogP contribution in [0.3, 0.4) is 0 Å². The maximum Gasteiger partial charge on any atom is 0.248 e. The molecule has 2 saturated heterocycles. The van der Waals surface area contributed by atoms with Crippen LogP contribution in [0.4, 0.5) is 8.78 Å². The Morgan fingerprint density at radius 1 is 1.13 bits per heavy atom. The van der Waals surface area contributed by atoms with Crippen LogP contribution in [0.2, 0.25) is 0 Å². The predicted molar refractivity (Wildman–Crippen MR) is 141 cm³/mol. The van der Waals surface area contributed by atoms with E-state index < -0.39 is 21.7 Å². The van der Waals surface area contributed by atoms with Crippen LogP contribution in [0.25, 0.3) is 12.2 Å². The number of carbonyl (C=O) groups excluding carboxylic acids is 1. The van der Waals surface area contributed by atoms with Gasteiger partial charge in [-0.1, -0.05) is 18.5 Å². The maximum atomic E-state index is 14.0. The Kier molecular flexibility index (Phi) is 9.00. The number of rotatable bonds is 8. The minimum Gasteiger partial charge on any atom is -0.355 e. The van der Waals surface area contributed by atoms with Crippen LogP contribution in [-0.2, 0) is 14.8 Å². The van der Waals surface area contributed by atoms with E-state index in [1.54, 1.807) is 0 Å². The summed E-state index contributed by atoms with van der Waals surface area (Å²) >= 11 is 0. The summed E-state index contributed by atoms with van der Waals surface area (Å²) in [7, 11) is -3.96. The molecule has 0 aliphatic carbocycles. The van der Waals surface area contributed by atoms with Crippen LogP contribution in [0.15, 0.2) is 27.6 Å². The zero-order valence-electron chi connectivity index (χ0n) is 22.2. The number of piperidine rings is 1. The number of carbonyl (C=O) groups is 1. The van der Waals surface area contributed by atoms with Gasteiger partial charge >= 0.3 is 0 Å². The lowest BCUT2D eigenvalue weighted by molar-refractivity contribution is -0.138. The van der Waals surface area contributed by atoms with Crippen molar-refractivity contribution in [3.63, 3.8) is 0 Å². The van der Waals surface area contributed by atoms with Gasteiger partial charge in [0.25, 0.3) is 0 Å². The van der Waals surface area contributed by atoms with Gasteiger partial charge < -0.3 is 9.42 Å². The zero-order chi connectivity index (χ0) is 27.4. The standard InChI is InChI=1S/C27H36F2N4O4S/c1-4-5-19(2)31-14-16-32(17-15-31)27(34)22-10-12-33(13-11-22)38(35,36)26-20(3)30-37-25(26)9-7-21-6-8-23(28)18-24(21)29/h6-9,18-19,22H,4-5,10-17H2,1-3H3/b9-7+. The Bertz CT molecular complexity index is 1260. The van der Waals surface area contributed by atoms with Crippen molar-refractivity contribution in [2.75, 3.05) is 39.3 Å². The molecule has 208 valence electrons. The van der Waals surface area contributed by atoms with E-state index in [1.807, 2.05) is 4.90 Å². The Hall–Kier alpha value is -2.63. The van der Waals surface area contributed by atoms with E-state index in [1.165, 1.54) is 29.4 Å². The molecule has 4 rings (SSSR count). The molecule has 2 aliphatic rings. The summed E-state index contributed by atoms with van der Waals surface area (Å²) in [5, 5.41) is 3.81. The normalized spacial score (nSPS) is 19.3. The number of piperazine rings is 1. The molecule has 38 heavy (non-hydrogen) atoms. The lowest BCUT2D eigenvalue weighted by atomic mass is 9.96. The van der Waals surface area contributed by atoms with Crippen molar-refractivity contribution in [1.29, 1.82) is 0 Å². The lowest BCUT2D eigenvalue weighted by Gasteiger charge is -2.40. The van der Waals surface area contributed by atoms with Crippen molar-refractivity contribution >= 4 is 28.1 Å². The van der Waals surface area contributed by atoms with Gasteiger partial charge in [0.05, 0.1) is 0 Å². The van der Waals surface area contributed by atoms with Crippen molar-refractivity contribution < 1.29 is 26.5 Å². The molecule has 1 aromatic heterocycles. The molecule has 8 nitrogen and oxygen atoms in total. The summed E-state index contributed by atoms with van der Waals surface area (Å²) in [6.07, 6.45) is 5.82. The molecule has 0 radical (unpaired) electrons. The van der Waals surface area contributed by atoms with Crippen molar-refractivity contribution in [3.05, 3.63) is 46.9 Å². The fourth-order valence-electron chi connectivity index (χ4n) is 5.31. The Morgan fingerprint density at radius 3 is 2.45 bits per heavy atom. The van der Waals surface area contributed by atoms with Crippen LogP contribution in [-0.4, -0.2) is 78.9 Å². The molecule has 1 aromatic carbocycles. The van der Waals surface area contributed by atoms with Gasteiger partial charge in [-0.2, -0.15) is 4.31 Å². The Balaban J connectivity index is 1.39. The number of hydrogen-bond donors (Lipinski definition) is 0. The summed E-state index contributed by atoms with van der Waals surface area (Å²) < 4.78 is 60.8. The molecule has 1 unspecified atom stereocenters. The van der Waals surface area contributed by atoms with Gasteiger partial charge in [-0.15, -0.1) is 0 Å². The van der Waals surface area contributed by atoms with Gasteiger partial charge in [0.1, 0.15) is 17.3 Å². The van der Waals surface area contributed by atoms with E-state index in [0.717, 1.165) is 38.1 Å². The van der Waals surface area contributed by atoms with E-state index in [-0.39, 0.29) is 46.8 Å². The van der Waals surface area contributed by atoms with Crippen molar-refractivity contribution in [2.45, 2.75) is 57.4 Å². The smallest absolute Gasteiger partial charge is 0.248 e. The maximum absolute atomic E-state index is 14.0. The second-order valence-electron chi connectivity index (χ2n) is 10.1. The van der Waals surface area contributed by atoms with Crippen molar-refractivity contribution in [3.8, 4) is 0 Å². The molecule has 2 fully saturated rings. The van der Waals surface area contributed by atoms with E-state index in [0.29, 0.717) is 32.0 Å². The van der Waals surface area contributed by atoms with Crippen LogP contribution >= 0.6 is 0 Å². The molecule has 1 atom stereocenters. The number of amides is 1. The predicted octanol–water partition coefficient (Wildman–Crippen LogP) is 4.17. The summed E-state index contributed by atoms with van der Waals surface area (Å²) in [6, 6.07) is 3.64. The summed E-state index contributed by atoms with van der Waals surface area (Å²) in [6.45, 7) is 9.51. The molecular formula is C27H36F2N4O4S. The first kappa shape index (κ1) is 28.4. The van der Waals surface area contributed by atoms with Crippen LogP contribution in [0.5, 0.6) is 0 Å². The zero-order valence-corrected chi connectivity index (χ0v) is 23.0. The molecule has 0 saturated carbocycles. The number of halogens is 2. The van der Waals surface area contributed by atoms with Gasteiger partial charge in [-0.25, -0.2) is 17.2 Å². The highest BCUT2D eigenvalue weighted by Gasteiger charge is 2.37. The molecule has 2 aliphatic heterocycles. The van der Waals surface area contributed by atoms with E-state index in [4.69, 9.17) is 4.52 Å². The summed E-state index contributed by atoms with van der Waals surface area (Å²) in [5.41, 5.74) is 0.279. The summed E-state index contributed by atoms with van der Waals surface area (Å²) in [4.78, 5) is 17.4. The Labute approximate surface area is 223 Å². The number of aryl methyl sites for hydroxylation is 1. The van der Waals surface area contributed by atoms with Crippen molar-refractivity contribution in [2.24, 2.45) is 5.92 Å². The van der Waals surface area contributed by atoms with E-state index in [2.05, 4.69) is 23.9 Å². The minimum atomic E-state index is -3.96. The molecular weight excluding hydrogens is 514 g/mol. The lowest BCUT2D eigenvalue weighted by Crippen LogP contribution is -2.53. The number of hydrogen-bond acceptors (Lipinski definition) is 6. The molecule has 0 bridgehead atoms. The number of nitrogens with zero attached hydrogens (tertiary/aromatic N) is 4. The van der Waals surface area contributed by atoms with Crippen LogP contribution in [0.1, 0.15) is 56.5 Å². The van der Waals surface area contributed by atoms with Gasteiger partial charge in [-0.05, 0) is 57.4 Å². The van der Waals surface area contributed by atoms with Crippen LogP contribution in [0, 0.1) is 24.5 Å². The monoisotopic (exact) mass is 550 g/mol. The second kappa shape index (κ2) is 12.0. The molecule has 1 amide bonds. The second-order valence-corrected chi connectivity index (χ2v) is 12.0. The van der Waals surface area contributed by atoms with Gasteiger partial charge in [0, 0.05) is 62.9 Å². The highest BCUT2D eigenvalue weighted by atomic mass is 32.2. The largest absolute Gasteiger partial charge is 0.355 e. The SMILES string of the molecule is CCCC(C)N1CCN(C(=O)C2CCN(S(=O)(=O)c3c(C)noc3/C=C/c3ccc(F)cc3F)CC2)CC1. The molecule has 2 aromatic rings. The quantitative estimate of drug-likeness (QED) is 0.491. The van der Waals surface area contributed by atoms with Crippen molar-refractivity contribution in [1.82, 2.24) is 19.3 Å². The molecule has 0 spiro atoms. The molecule has 11 heteroatoms. The Morgan fingerprint density at radius 2 is 1.82 bits per heavy atom. The van der Waals surface area contributed by atoms with E-state index in [9.17, 15) is 22.0 Å². The summed E-state index contributed by atoms with van der Waals surface area (Å²) in [5.74, 6) is -1.60. The third-order valence-corrected chi connectivity index (χ3v) is 9.62. The third kappa shape index (κ3) is 6.16. The molecule has 0 N–H and O–H groups in total. The van der Waals surface area contributed by atoms with Gasteiger partial charge in [0.15, 0.2) is 10.7 Å². The fourth-order valence-corrected chi connectivity index (χ4v) is 7.03. The number of sulfonamides is 1. The average Bonchev–Trinajstić information content (AvgIpc) is 3.29.